The summed E-state index contributed by atoms with van der Waals surface area (Å²) in [7, 11) is 0. The SMILES string of the molecule is CCNC(=O)Nc1cc(C#N)c(-c2cncc(C(=O)OCC)c2)cn1. The summed E-state index contributed by atoms with van der Waals surface area (Å²) < 4.78 is 4.95. The second-order valence-electron chi connectivity index (χ2n) is 4.89. The van der Waals surface area contributed by atoms with Gasteiger partial charge in [0.25, 0.3) is 0 Å². The van der Waals surface area contributed by atoms with Gasteiger partial charge in [0, 0.05) is 36.3 Å². The molecule has 0 aliphatic rings. The van der Waals surface area contributed by atoms with E-state index in [1.807, 2.05) is 0 Å². The molecular formula is C17H17N5O3. The van der Waals surface area contributed by atoms with Crippen LogP contribution in [0.3, 0.4) is 0 Å². The van der Waals surface area contributed by atoms with Gasteiger partial charge >= 0.3 is 12.0 Å². The van der Waals surface area contributed by atoms with Crippen molar-refractivity contribution >= 4 is 17.8 Å². The number of esters is 1. The number of hydrogen-bond donors (Lipinski definition) is 2. The van der Waals surface area contributed by atoms with Crippen LogP contribution in [0.15, 0.2) is 30.7 Å². The van der Waals surface area contributed by atoms with Crippen LogP contribution in [0.2, 0.25) is 0 Å². The average molecular weight is 339 g/mol. The van der Waals surface area contributed by atoms with Crippen LogP contribution in [0.4, 0.5) is 10.6 Å². The van der Waals surface area contributed by atoms with Gasteiger partial charge < -0.3 is 10.1 Å². The summed E-state index contributed by atoms with van der Waals surface area (Å²) in [5.74, 6) is -0.237. The summed E-state index contributed by atoms with van der Waals surface area (Å²) in [6.45, 7) is 4.24. The predicted octanol–water partition coefficient (Wildman–Crippen LogP) is 2.33. The van der Waals surface area contributed by atoms with Crippen LogP contribution >= 0.6 is 0 Å². The van der Waals surface area contributed by atoms with E-state index in [1.165, 1.54) is 24.7 Å². The second-order valence-corrected chi connectivity index (χ2v) is 4.89. The number of ether oxygens (including phenoxy) is 1. The lowest BCUT2D eigenvalue weighted by Crippen LogP contribution is -2.28. The van der Waals surface area contributed by atoms with Crippen molar-refractivity contribution < 1.29 is 14.3 Å². The Hall–Kier alpha value is -3.47. The number of amides is 2. The summed E-state index contributed by atoms with van der Waals surface area (Å²) in [4.78, 5) is 31.5. The molecule has 0 saturated heterocycles. The van der Waals surface area contributed by atoms with Crippen molar-refractivity contribution in [2.75, 3.05) is 18.5 Å². The number of nitriles is 1. The molecule has 128 valence electrons. The van der Waals surface area contributed by atoms with Crippen LogP contribution in [0.5, 0.6) is 0 Å². The molecule has 2 heterocycles. The molecule has 0 spiro atoms. The van der Waals surface area contributed by atoms with Crippen molar-refractivity contribution in [3.8, 4) is 17.2 Å². The van der Waals surface area contributed by atoms with Gasteiger partial charge in [0.05, 0.1) is 23.8 Å². The molecule has 0 aromatic carbocycles. The number of carbonyl (C=O) groups excluding carboxylic acids is 2. The van der Waals surface area contributed by atoms with Crippen LogP contribution in [-0.2, 0) is 4.74 Å². The van der Waals surface area contributed by atoms with Crippen LogP contribution < -0.4 is 10.6 Å². The lowest BCUT2D eigenvalue weighted by molar-refractivity contribution is 0.0526. The molecule has 0 aliphatic carbocycles. The average Bonchev–Trinajstić information content (AvgIpc) is 2.62. The summed E-state index contributed by atoms with van der Waals surface area (Å²) in [6, 6.07) is 4.70. The topological polar surface area (TPSA) is 117 Å². The molecule has 0 aliphatic heterocycles. The van der Waals surface area contributed by atoms with E-state index in [1.54, 1.807) is 19.9 Å². The third kappa shape index (κ3) is 4.51. The molecule has 25 heavy (non-hydrogen) atoms. The van der Waals surface area contributed by atoms with Gasteiger partial charge in [-0.1, -0.05) is 0 Å². The number of carbonyl (C=O) groups is 2. The lowest BCUT2D eigenvalue weighted by Gasteiger charge is -2.09. The maximum atomic E-state index is 11.8. The molecule has 0 fully saturated rings. The molecule has 0 radical (unpaired) electrons. The minimum Gasteiger partial charge on any atom is -0.462 e. The number of rotatable bonds is 5. The maximum absolute atomic E-state index is 11.8. The van der Waals surface area contributed by atoms with Gasteiger partial charge in [0.15, 0.2) is 0 Å². The van der Waals surface area contributed by atoms with E-state index in [4.69, 9.17) is 4.74 Å². The van der Waals surface area contributed by atoms with E-state index in [-0.39, 0.29) is 18.0 Å². The van der Waals surface area contributed by atoms with Crippen LogP contribution in [0, 0.1) is 11.3 Å². The van der Waals surface area contributed by atoms with E-state index in [0.717, 1.165) is 0 Å². The fourth-order valence-electron chi connectivity index (χ4n) is 2.08. The zero-order valence-corrected chi connectivity index (χ0v) is 13.9. The van der Waals surface area contributed by atoms with Gasteiger partial charge in [-0.3, -0.25) is 10.3 Å². The molecule has 2 aromatic heterocycles. The van der Waals surface area contributed by atoms with Gasteiger partial charge in [-0.15, -0.1) is 0 Å². The first-order chi connectivity index (χ1) is 12.1. The highest BCUT2D eigenvalue weighted by atomic mass is 16.5. The van der Waals surface area contributed by atoms with E-state index < -0.39 is 12.0 Å². The number of aromatic nitrogens is 2. The smallest absolute Gasteiger partial charge is 0.339 e. The molecule has 0 bridgehead atoms. The summed E-state index contributed by atoms with van der Waals surface area (Å²) in [6.07, 6.45) is 4.37. The van der Waals surface area contributed by atoms with Crippen LogP contribution in [-0.4, -0.2) is 35.1 Å². The van der Waals surface area contributed by atoms with Gasteiger partial charge in [-0.05, 0) is 26.0 Å². The number of nitrogens with one attached hydrogen (secondary N) is 2. The Bertz CT molecular complexity index is 829. The molecule has 0 atom stereocenters. The summed E-state index contributed by atoms with van der Waals surface area (Å²) in [5.41, 5.74) is 1.64. The normalized spacial score (nSPS) is 9.80. The van der Waals surface area contributed by atoms with Gasteiger partial charge in [-0.2, -0.15) is 5.26 Å². The zero-order valence-electron chi connectivity index (χ0n) is 13.9. The lowest BCUT2D eigenvalue weighted by atomic mass is 10.0. The Morgan fingerprint density at radius 1 is 1.24 bits per heavy atom. The number of hydrogen-bond acceptors (Lipinski definition) is 6. The molecule has 0 unspecified atom stereocenters. The van der Waals surface area contributed by atoms with Gasteiger partial charge in [0.1, 0.15) is 5.82 Å². The Labute approximate surface area is 144 Å². The Morgan fingerprint density at radius 3 is 2.72 bits per heavy atom. The fourth-order valence-corrected chi connectivity index (χ4v) is 2.08. The van der Waals surface area contributed by atoms with Crippen LogP contribution in [0.1, 0.15) is 29.8 Å². The Kier molecular flexibility index (Phi) is 6.01. The van der Waals surface area contributed by atoms with Gasteiger partial charge in [-0.25, -0.2) is 14.6 Å². The summed E-state index contributed by atoms with van der Waals surface area (Å²) >= 11 is 0. The van der Waals surface area contributed by atoms with Crippen LogP contribution in [0.25, 0.3) is 11.1 Å². The van der Waals surface area contributed by atoms with Crippen molar-refractivity contribution in [2.45, 2.75) is 13.8 Å². The highest BCUT2D eigenvalue weighted by Crippen LogP contribution is 2.24. The molecule has 2 rings (SSSR count). The first-order valence-electron chi connectivity index (χ1n) is 7.66. The van der Waals surface area contributed by atoms with Crippen molar-refractivity contribution in [1.29, 1.82) is 5.26 Å². The largest absolute Gasteiger partial charge is 0.462 e. The minimum atomic E-state index is -0.488. The third-order valence-corrected chi connectivity index (χ3v) is 3.16. The van der Waals surface area contributed by atoms with Crippen molar-refractivity contribution in [2.24, 2.45) is 0 Å². The molecule has 2 N–H and O–H groups in total. The Balaban J connectivity index is 2.33. The quantitative estimate of drug-likeness (QED) is 0.807. The number of urea groups is 1. The second kappa shape index (κ2) is 8.40. The van der Waals surface area contributed by atoms with Crippen molar-refractivity contribution in [3.63, 3.8) is 0 Å². The molecular weight excluding hydrogens is 322 g/mol. The first kappa shape index (κ1) is 17.9. The first-order valence-corrected chi connectivity index (χ1v) is 7.66. The number of anilines is 1. The molecule has 8 nitrogen and oxygen atoms in total. The highest BCUT2D eigenvalue weighted by Gasteiger charge is 2.13. The summed E-state index contributed by atoms with van der Waals surface area (Å²) in [5, 5.41) is 14.5. The standard InChI is InChI=1S/C17H17N5O3/c1-3-20-17(24)22-15-6-11(7-18)14(10-21-15)12-5-13(9-19-8-12)16(23)25-4-2/h5-6,8-10H,3-4H2,1-2H3,(H2,20,21,22,24). The molecule has 8 heteroatoms. The van der Waals surface area contributed by atoms with E-state index in [0.29, 0.717) is 23.2 Å². The van der Waals surface area contributed by atoms with Crippen molar-refractivity contribution in [1.82, 2.24) is 15.3 Å². The van der Waals surface area contributed by atoms with E-state index in [9.17, 15) is 14.9 Å². The van der Waals surface area contributed by atoms with Crippen molar-refractivity contribution in [3.05, 3.63) is 41.9 Å². The molecule has 0 saturated carbocycles. The number of nitrogens with zero attached hydrogens (tertiary/aromatic N) is 3. The fraction of sp³-hybridized carbons (Fsp3) is 0.235. The maximum Gasteiger partial charge on any atom is 0.339 e. The highest BCUT2D eigenvalue weighted by molar-refractivity contribution is 5.91. The van der Waals surface area contributed by atoms with E-state index in [2.05, 4.69) is 26.7 Å². The molecule has 2 amide bonds. The Morgan fingerprint density at radius 2 is 2.04 bits per heavy atom. The predicted molar refractivity (Wildman–Crippen MR) is 90.8 cm³/mol. The molecule has 2 aromatic rings. The third-order valence-electron chi connectivity index (χ3n) is 3.16. The van der Waals surface area contributed by atoms with Gasteiger partial charge in [0.2, 0.25) is 0 Å². The van der Waals surface area contributed by atoms with E-state index >= 15 is 0 Å². The monoisotopic (exact) mass is 339 g/mol. The number of pyridine rings is 2. The minimum absolute atomic E-state index is 0.251. The zero-order chi connectivity index (χ0) is 18.2.